The molecule has 0 aliphatic rings. The van der Waals surface area contributed by atoms with Gasteiger partial charge < -0.3 is 5.11 Å². The third kappa shape index (κ3) is 3.66. The van der Waals surface area contributed by atoms with Gasteiger partial charge in [0.25, 0.3) is 5.56 Å². The molecule has 2 N–H and O–H groups in total. The van der Waals surface area contributed by atoms with Crippen LogP contribution < -0.4 is 11.2 Å². The number of hydrogen-bond donors (Lipinski definition) is 2. The van der Waals surface area contributed by atoms with Gasteiger partial charge in [-0.2, -0.15) is 11.8 Å². The normalized spacial score (nSPS) is 10.8. The van der Waals surface area contributed by atoms with Crippen molar-refractivity contribution in [2.75, 3.05) is 12.0 Å². The molecule has 1 heterocycles. The Labute approximate surface area is 110 Å². The molecule has 0 saturated heterocycles. The second-order valence-corrected chi connectivity index (χ2v) is 5.11. The fourth-order valence-corrected chi connectivity index (χ4v) is 2.31. The summed E-state index contributed by atoms with van der Waals surface area (Å²) in [5.41, 5.74) is -0.739. The van der Waals surface area contributed by atoms with Crippen LogP contribution in [0.5, 0.6) is 5.88 Å². The average molecular weight is 272 g/mol. The van der Waals surface area contributed by atoms with Gasteiger partial charge in [-0.1, -0.05) is 13.3 Å². The smallest absolute Gasteiger partial charge is 0.331 e. The highest BCUT2D eigenvalue weighted by atomic mass is 32.2. The number of hydrogen-bond acceptors (Lipinski definition) is 4. The van der Waals surface area contributed by atoms with E-state index >= 15 is 0 Å². The van der Waals surface area contributed by atoms with Crippen molar-refractivity contribution in [2.24, 2.45) is 0 Å². The minimum Gasteiger partial charge on any atom is -0.494 e. The van der Waals surface area contributed by atoms with E-state index < -0.39 is 11.2 Å². The molecule has 1 aromatic rings. The first kappa shape index (κ1) is 14.9. The Morgan fingerprint density at radius 2 is 2.00 bits per heavy atom. The number of rotatable bonds is 7. The molecule has 0 amide bonds. The van der Waals surface area contributed by atoms with Gasteiger partial charge >= 0.3 is 5.69 Å². The molecular formula is C12H20N2O3S. The van der Waals surface area contributed by atoms with Crippen molar-refractivity contribution >= 4 is 11.8 Å². The summed E-state index contributed by atoms with van der Waals surface area (Å²) in [4.78, 5) is 25.3. The lowest BCUT2D eigenvalue weighted by molar-refractivity contribution is 0.387. The number of thioether (sulfide) groups is 1. The fourth-order valence-electron chi connectivity index (χ4n) is 1.82. The number of nitrogens with one attached hydrogen (secondary N) is 1. The SMILES string of the molecule is CCc1c(O)n(CCCCCSC)c(=O)[nH]c1=O. The lowest BCUT2D eigenvalue weighted by Crippen LogP contribution is -2.32. The highest BCUT2D eigenvalue weighted by Gasteiger charge is 2.11. The van der Waals surface area contributed by atoms with Gasteiger partial charge in [-0.3, -0.25) is 14.3 Å². The molecule has 0 saturated carbocycles. The van der Waals surface area contributed by atoms with E-state index in [1.54, 1.807) is 18.7 Å². The minimum absolute atomic E-state index is 0.184. The maximum absolute atomic E-state index is 11.6. The van der Waals surface area contributed by atoms with Crippen LogP contribution in [0.1, 0.15) is 31.7 Å². The molecule has 0 fully saturated rings. The van der Waals surface area contributed by atoms with Crippen LogP contribution in [0, 0.1) is 0 Å². The predicted octanol–water partition coefficient (Wildman–Crippen LogP) is 1.34. The number of unbranched alkanes of at least 4 members (excludes halogenated alkanes) is 2. The standard InChI is InChI=1S/C12H20N2O3S/c1-3-9-10(15)13-12(17)14(11(9)16)7-5-4-6-8-18-2/h16H,3-8H2,1-2H3,(H,13,15,17). The number of aromatic amines is 1. The Balaban J connectivity index is 2.77. The van der Waals surface area contributed by atoms with Gasteiger partial charge in [-0.05, 0) is 31.3 Å². The topological polar surface area (TPSA) is 75.1 Å². The van der Waals surface area contributed by atoms with Gasteiger partial charge in [-0.25, -0.2) is 4.79 Å². The van der Waals surface area contributed by atoms with Crippen LogP contribution >= 0.6 is 11.8 Å². The van der Waals surface area contributed by atoms with Gasteiger partial charge in [0.15, 0.2) is 0 Å². The quantitative estimate of drug-likeness (QED) is 0.734. The van der Waals surface area contributed by atoms with Gasteiger partial charge in [-0.15, -0.1) is 0 Å². The Bertz CT molecular complexity index is 493. The van der Waals surface area contributed by atoms with E-state index in [9.17, 15) is 14.7 Å². The first-order valence-corrected chi connectivity index (χ1v) is 7.55. The Morgan fingerprint density at radius 1 is 1.28 bits per heavy atom. The molecule has 0 bridgehead atoms. The van der Waals surface area contributed by atoms with Crippen LogP contribution in [0.2, 0.25) is 0 Å². The Hall–Kier alpha value is -1.17. The van der Waals surface area contributed by atoms with Crippen molar-refractivity contribution in [3.8, 4) is 5.88 Å². The molecule has 0 spiro atoms. The summed E-state index contributed by atoms with van der Waals surface area (Å²) in [5, 5.41) is 9.89. The summed E-state index contributed by atoms with van der Waals surface area (Å²) < 4.78 is 1.25. The fraction of sp³-hybridized carbons (Fsp3) is 0.667. The lowest BCUT2D eigenvalue weighted by Gasteiger charge is -2.10. The highest BCUT2D eigenvalue weighted by molar-refractivity contribution is 7.98. The van der Waals surface area contributed by atoms with Crippen LogP contribution in [0.15, 0.2) is 9.59 Å². The van der Waals surface area contributed by atoms with E-state index in [0.717, 1.165) is 25.0 Å². The largest absolute Gasteiger partial charge is 0.494 e. The molecule has 1 aromatic heterocycles. The van der Waals surface area contributed by atoms with E-state index in [0.29, 0.717) is 13.0 Å². The Morgan fingerprint density at radius 3 is 2.61 bits per heavy atom. The molecule has 0 aliphatic carbocycles. The van der Waals surface area contributed by atoms with Crippen molar-refractivity contribution in [3.63, 3.8) is 0 Å². The zero-order valence-corrected chi connectivity index (χ0v) is 11.7. The van der Waals surface area contributed by atoms with Gasteiger partial charge in [0.05, 0.1) is 5.56 Å². The predicted molar refractivity (Wildman–Crippen MR) is 74.6 cm³/mol. The van der Waals surface area contributed by atoms with E-state index in [1.807, 2.05) is 0 Å². The maximum Gasteiger partial charge on any atom is 0.331 e. The van der Waals surface area contributed by atoms with Crippen molar-refractivity contribution in [1.82, 2.24) is 9.55 Å². The molecule has 0 aromatic carbocycles. The van der Waals surface area contributed by atoms with Crippen molar-refractivity contribution < 1.29 is 5.11 Å². The van der Waals surface area contributed by atoms with Crippen LogP contribution in [0.4, 0.5) is 0 Å². The second-order valence-electron chi connectivity index (χ2n) is 4.12. The minimum atomic E-state index is -0.528. The monoisotopic (exact) mass is 272 g/mol. The van der Waals surface area contributed by atoms with E-state index in [4.69, 9.17) is 0 Å². The van der Waals surface area contributed by atoms with Crippen molar-refractivity contribution in [1.29, 1.82) is 0 Å². The number of aromatic hydroxyl groups is 1. The molecule has 102 valence electrons. The van der Waals surface area contributed by atoms with Gasteiger partial charge in [0.2, 0.25) is 5.88 Å². The van der Waals surface area contributed by atoms with Crippen LogP contribution in [-0.4, -0.2) is 26.7 Å². The summed E-state index contributed by atoms with van der Waals surface area (Å²) in [6.07, 6.45) is 5.40. The summed E-state index contributed by atoms with van der Waals surface area (Å²) in [7, 11) is 0. The van der Waals surface area contributed by atoms with E-state index in [2.05, 4.69) is 11.2 Å². The van der Waals surface area contributed by atoms with Crippen LogP contribution in [0.25, 0.3) is 0 Å². The zero-order chi connectivity index (χ0) is 13.5. The molecule has 6 heteroatoms. The molecule has 5 nitrogen and oxygen atoms in total. The summed E-state index contributed by atoms with van der Waals surface area (Å²) >= 11 is 1.80. The maximum atomic E-state index is 11.6. The molecule has 0 unspecified atom stereocenters. The molecule has 0 radical (unpaired) electrons. The Kier molecular flexibility index (Phi) is 6.04. The van der Waals surface area contributed by atoms with Crippen molar-refractivity contribution in [2.45, 2.75) is 39.2 Å². The van der Waals surface area contributed by atoms with E-state index in [-0.39, 0.29) is 11.4 Å². The molecule has 1 rings (SSSR count). The van der Waals surface area contributed by atoms with E-state index in [1.165, 1.54) is 4.57 Å². The summed E-state index contributed by atoms with van der Waals surface area (Å²) in [6, 6.07) is 0. The number of aromatic nitrogens is 2. The lowest BCUT2D eigenvalue weighted by atomic mass is 10.2. The third-order valence-electron chi connectivity index (χ3n) is 2.85. The summed E-state index contributed by atoms with van der Waals surface area (Å²) in [5.74, 6) is 0.920. The molecule has 0 atom stereocenters. The van der Waals surface area contributed by atoms with Crippen molar-refractivity contribution in [3.05, 3.63) is 26.4 Å². The average Bonchev–Trinajstić information content (AvgIpc) is 2.32. The number of nitrogens with zero attached hydrogens (tertiary/aromatic N) is 1. The first-order valence-electron chi connectivity index (χ1n) is 6.15. The molecular weight excluding hydrogens is 252 g/mol. The molecule has 0 aliphatic heterocycles. The van der Waals surface area contributed by atoms with Gasteiger partial charge in [0, 0.05) is 6.54 Å². The van der Waals surface area contributed by atoms with Gasteiger partial charge in [0.1, 0.15) is 0 Å². The second kappa shape index (κ2) is 7.31. The molecule has 18 heavy (non-hydrogen) atoms. The van der Waals surface area contributed by atoms with Crippen LogP contribution in [0.3, 0.4) is 0 Å². The third-order valence-corrected chi connectivity index (χ3v) is 3.55. The number of H-pyrrole nitrogens is 1. The first-order chi connectivity index (χ1) is 8.61. The highest BCUT2D eigenvalue weighted by Crippen LogP contribution is 2.12. The van der Waals surface area contributed by atoms with Crippen LogP contribution in [-0.2, 0) is 13.0 Å². The summed E-state index contributed by atoms with van der Waals surface area (Å²) in [6.45, 7) is 2.22. The zero-order valence-electron chi connectivity index (χ0n) is 10.9.